The maximum absolute atomic E-state index is 12.3. The van der Waals surface area contributed by atoms with Crippen molar-refractivity contribution in [2.24, 2.45) is 0 Å². The van der Waals surface area contributed by atoms with Crippen molar-refractivity contribution in [2.45, 2.75) is 33.4 Å². The quantitative estimate of drug-likeness (QED) is 0.883. The largest absolute Gasteiger partial charge is 0.347 e. The van der Waals surface area contributed by atoms with Crippen molar-refractivity contribution in [3.8, 4) is 0 Å². The molecule has 1 aromatic carbocycles. The van der Waals surface area contributed by atoms with Crippen molar-refractivity contribution in [1.29, 1.82) is 0 Å². The molecule has 0 aliphatic rings. The molecule has 0 unspecified atom stereocenters. The Kier molecular flexibility index (Phi) is 5.01. The van der Waals surface area contributed by atoms with Crippen LogP contribution in [0.15, 0.2) is 41.0 Å². The number of amides is 1. The summed E-state index contributed by atoms with van der Waals surface area (Å²) in [7, 11) is 0. The summed E-state index contributed by atoms with van der Waals surface area (Å²) in [4.78, 5) is 12.3. The molecule has 4 heteroatoms. The van der Waals surface area contributed by atoms with Gasteiger partial charge >= 0.3 is 0 Å². The molecule has 1 aromatic heterocycles. The molecule has 0 fully saturated rings. The average Bonchev–Trinajstić information content (AvgIpc) is 2.79. The topological polar surface area (TPSA) is 34.0 Å². The van der Waals surface area contributed by atoms with Crippen molar-refractivity contribution < 1.29 is 4.79 Å². The SMILES string of the molecule is CCCn1cc(Br)cc1C(=O)NCc1ccccc1C. The lowest BCUT2D eigenvalue weighted by Crippen LogP contribution is -2.25. The van der Waals surface area contributed by atoms with Gasteiger partial charge in [0.15, 0.2) is 0 Å². The molecule has 1 amide bonds. The van der Waals surface area contributed by atoms with Crippen molar-refractivity contribution in [3.05, 3.63) is 57.8 Å². The third-order valence-corrected chi connectivity index (χ3v) is 3.69. The Morgan fingerprint density at radius 2 is 2.10 bits per heavy atom. The Bertz CT molecular complexity index is 604. The molecule has 2 rings (SSSR count). The molecule has 0 saturated heterocycles. The van der Waals surface area contributed by atoms with Crippen LogP contribution in [0.5, 0.6) is 0 Å². The normalized spacial score (nSPS) is 10.6. The number of nitrogens with zero attached hydrogens (tertiary/aromatic N) is 1. The van der Waals surface area contributed by atoms with Gasteiger partial charge in [0.05, 0.1) is 0 Å². The standard InChI is InChI=1S/C16H19BrN2O/c1-3-8-19-11-14(17)9-15(19)16(20)18-10-13-7-5-4-6-12(13)2/h4-7,9,11H,3,8,10H2,1-2H3,(H,18,20). The number of halogens is 1. The summed E-state index contributed by atoms with van der Waals surface area (Å²) >= 11 is 3.43. The van der Waals surface area contributed by atoms with E-state index in [1.54, 1.807) is 0 Å². The predicted molar refractivity (Wildman–Crippen MR) is 84.8 cm³/mol. The van der Waals surface area contributed by atoms with Crippen LogP contribution in [0.3, 0.4) is 0 Å². The molecule has 1 N–H and O–H groups in total. The van der Waals surface area contributed by atoms with E-state index in [0.717, 1.165) is 23.0 Å². The lowest BCUT2D eigenvalue weighted by atomic mass is 10.1. The third-order valence-electron chi connectivity index (χ3n) is 3.26. The van der Waals surface area contributed by atoms with Crippen LogP contribution in [0.2, 0.25) is 0 Å². The highest BCUT2D eigenvalue weighted by molar-refractivity contribution is 9.10. The number of rotatable bonds is 5. The molecular weight excluding hydrogens is 316 g/mol. The van der Waals surface area contributed by atoms with E-state index in [1.807, 2.05) is 35.0 Å². The fourth-order valence-corrected chi connectivity index (χ4v) is 2.63. The summed E-state index contributed by atoms with van der Waals surface area (Å²) in [5, 5.41) is 2.99. The van der Waals surface area contributed by atoms with Gasteiger partial charge in [0.2, 0.25) is 0 Å². The molecule has 3 nitrogen and oxygen atoms in total. The molecule has 0 saturated carbocycles. The Labute approximate surface area is 128 Å². The highest BCUT2D eigenvalue weighted by Crippen LogP contribution is 2.16. The minimum atomic E-state index is -0.0348. The molecular formula is C16H19BrN2O. The summed E-state index contributed by atoms with van der Waals surface area (Å²) in [5.74, 6) is -0.0348. The second-order valence-electron chi connectivity index (χ2n) is 4.85. The zero-order valence-corrected chi connectivity index (χ0v) is 13.4. The smallest absolute Gasteiger partial charge is 0.268 e. The number of hydrogen-bond acceptors (Lipinski definition) is 1. The van der Waals surface area contributed by atoms with Crippen LogP contribution < -0.4 is 5.32 Å². The fourth-order valence-electron chi connectivity index (χ4n) is 2.17. The van der Waals surface area contributed by atoms with E-state index >= 15 is 0 Å². The first-order chi connectivity index (χ1) is 9.61. The molecule has 0 aliphatic carbocycles. The molecule has 1 heterocycles. The van der Waals surface area contributed by atoms with Crippen LogP contribution >= 0.6 is 15.9 Å². The second-order valence-corrected chi connectivity index (χ2v) is 5.76. The van der Waals surface area contributed by atoms with Gasteiger partial charge in [0.25, 0.3) is 5.91 Å². The van der Waals surface area contributed by atoms with Gasteiger partial charge in [-0.05, 0) is 46.5 Å². The first-order valence-corrected chi connectivity index (χ1v) is 7.59. The lowest BCUT2D eigenvalue weighted by Gasteiger charge is -2.10. The highest BCUT2D eigenvalue weighted by Gasteiger charge is 2.12. The van der Waals surface area contributed by atoms with Crippen LogP contribution in [0.4, 0.5) is 0 Å². The molecule has 0 atom stereocenters. The highest BCUT2D eigenvalue weighted by atomic mass is 79.9. The minimum absolute atomic E-state index is 0.0348. The van der Waals surface area contributed by atoms with E-state index in [9.17, 15) is 4.79 Å². The van der Waals surface area contributed by atoms with Gasteiger partial charge in [-0.2, -0.15) is 0 Å². The first kappa shape index (κ1) is 14.9. The predicted octanol–water partition coefficient (Wildman–Crippen LogP) is 3.90. The van der Waals surface area contributed by atoms with Crippen molar-refractivity contribution in [3.63, 3.8) is 0 Å². The zero-order chi connectivity index (χ0) is 14.5. The Hall–Kier alpha value is -1.55. The van der Waals surface area contributed by atoms with E-state index in [1.165, 1.54) is 5.56 Å². The maximum atomic E-state index is 12.3. The summed E-state index contributed by atoms with van der Waals surface area (Å²) < 4.78 is 2.92. The van der Waals surface area contributed by atoms with E-state index in [4.69, 9.17) is 0 Å². The van der Waals surface area contributed by atoms with Crippen molar-refractivity contribution >= 4 is 21.8 Å². The number of hydrogen-bond donors (Lipinski definition) is 1. The molecule has 2 aromatic rings. The van der Waals surface area contributed by atoms with Gasteiger partial charge in [0, 0.05) is 23.8 Å². The zero-order valence-electron chi connectivity index (χ0n) is 11.8. The number of carbonyl (C=O) groups is 1. The Morgan fingerprint density at radius 3 is 2.80 bits per heavy atom. The average molecular weight is 335 g/mol. The van der Waals surface area contributed by atoms with E-state index in [2.05, 4.69) is 41.2 Å². The van der Waals surface area contributed by atoms with E-state index < -0.39 is 0 Å². The number of aromatic nitrogens is 1. The van der Waals surface area contributed by atoms with Crippen LogP contribution in [0.25, 0.3) is 0 Å². The number of benzene rings is 1. The van der Waals surface area contributed by atoms with Gasteiger partial charge in [-0.3, -0.25) is 4.79 Å². The second kappa shape index (κ2) is 6.75. The van der Waals surface area contributed by atoms with Crippen LogP contribution in [-0.2, 0) is 13.1 Å². The minimum Gasteiger partial charge on any atom is -0.347 e. The molecule has 20 heavy (non-hydrogen) atoms. The van der Waals surface area contributed by atoms with Gasteiger partial charge in [-0.1, -0.05) is 31.2 Å². The monoisotopic (exact) mass is 334 g/mol. The first-order valence-electron chi connectivity index (χ1n) is 6.80. The van der Waals surface area contributed by atoms with E-state index in [0.29, 0.717) is 12.2 Å². The van der Waals surface area contributed by atoms with Crippen molar-refractivity contribution in [1.82, 2.24) is 9.88 Å². The molecule has 0 spiro atoms. The van der Waals surface area contributed by atoms with Crippen molar-refractivity contribution in [2.75, 3.05) is 0 Å². The molecule has 106 valence electrons. The summed E-state index contributed by atoms with van der Waals surface area (Å²) in [5.41, 5.74) is 3.04. The number of aryl methyl sites for hydroxylation is 2. The Balaban J connectivity index is 2.07. The maximum Gasteiger partial charge on any atom is 0.268 e. The van der Waals surface area contributed by atoms with Gasteiger partial charge in [0.1, 0.15) is 5.69 Å². The van der Waals surface area contributed by atoms with E-state index in [-0.39, 0.29) is 5.91 Å². The Morgan fingerprint density at radius 1 is 1.35 bits per heavy atom. The fraction of sp³-hybridized carbons (Fsp3) is 0.312. The third kappa shape index (κ3) is 3.51. The number of nitrogens with one attached hydrogen (secondary N) is 1. The summed E-state index contributed by atoms with van der Waals surface area (Å²) in [6, 6.07) is 9.95. The molecule has 0 bridgehead atoms. The lowest BCUT2D eigenvalue weighted by molar-refractivity contribution is 0.0941. The van der Waals surface area contributed by atoms with Crippen LogP contribution in [0, 0.1) is 6.92 Å². The number of carbonyl (C=O) groups excluding carboxylic acids is 1. The molecule has 0 aliphatic heterocycles. The van der Waals surface area contributed by atoms with Gasteiger partial charge < -0.3 is 9.88 Å². The molecule has 0 radical (unpaired) electrons. The van der Waals surface area contributed by atoms with Gasteiger partial charge in [-0.25, -0.2) is 0 Å². The van der Waals surface area contributed by atoms with Gasteiger partial charge in [-0.15, -0.1) is 0 Å². The van der Waals surface area contributed by atoms with Crippen LogP contribution in [-0.4, -0.2) is 10.5 Å². The summed E-state index contributed by atoms with van der Waals surface area (Å²) in [6.07, 6.45) is 2.95. The summed E-state index contributed by atoms with van der Waals surface area (Å²) in [6.45, 7) is 5.56. The van der Waals surface area contributed by atoms with Crippen LogP contribution in [0.1, 0.15) is 35.0 Å².